The summed E-state index contributed by atoms with van der Waals surface area (Å²) in [6.07, 6.45) is 0. The second kappa shape index (κ2) is 3.85. The minimum absolute atomic E-state index is 0.146. The van der Waals surface area contributed by atoms with E-state index in [0.29, 0.717) is 0 Å². The van der Waals surface area contributed by atoms with Gasteiger partial charge < -0.3 is 5.11 Å². The number of nitrogens with zero attached hydrogens (tertiary/aromatic N) is 2. The van der Waals surface area contributed by atoms with Crippen molar-refractivity contribution in [3.8, 4) is 6.07 Å². The van der Waals surface area contributed by atoms with Crippen LogP contribution in [0, 0.1) is 11.3 Å². The Hall–Kier alpha value is -1.08. The van der Waals surface area contributed by atoms with E-state index in [2.05, 4.69) is 0 Å². The summed E-state index contributed by atoms with van der Waals surface area (Å²) < 4.78 is 0. The molecular weight excluding hydrogens is 132 g/mol. The van der Waals surface area contributed by atoms with Gasteiger partial charge >= 0.3 is 5.97 Å². The smallest absolute Gasteiger partial charge is 0.320 e. The number of nitriles is 1. The Balaban J connectivity index is 3.84. The molecular formula is C6H10N2O2. The Labute approximate surface area is 59.7 Å². The average molecular weight is 142 g/mol. The molecule has 0 rings (SSSR count). The van der Waals surface area contributed by atoms with Crippen molar-refractivity contribution in [3.05, 3.63) is 0 Å². The van der Waals surface area contributed by atoms with Gasteiger partial charge in [0.15, 0.2) is 0 Å². The Morgan fingerprint density at radius 1 is 1.90 bits per heavy atom. The van der Waals surface area contributed by atoms with Crippen LogP contribution in [0.5, 0.6) is 0 Å². The first-order chi connectivity index (χ1) is 4.59. The van der Waals surface area contributed by atoms with Gasteiger partial charge in [0.2, 0.25) is 0 Å². The van der Waals surface area contributed by atoms with Crippen molar-refractivity contribution in [2.75, 3.05) is 13.6 Å². The summed E-state index contributed by atoms with van der Waals surface area (Å²) in [6, 6.07) is 1.28. The Morgan fingerprint density at radius 2 is 2.40 bits per heavy atom. The summed E-state index contributed by atoms with van der Waals surface area (Å²) in [5.41, 5.74) is 0. The standard InChI is InChI=1S/C6H10N2O2/c1-5(6(9)10)8(2)4-3-7/h5H,4H2,1-2H3,(H,9,10)/t5-/m0/s1. The summed E-state index contributed by atoms with van der Waals surface area (Å²) in [7, 11) is 1.60. The number of hydrogen-bond acceptors (Lipinski definition) is 3. The van der Waals surface area contributed by atoms with E-state index in [1.165, 1.54) is 4.90 Å². The minimum Gasteiger partial charge on any atom is -0.480 e. The number of carboxylic acid groups (broad SMARTS) is 1. The number of carboxylic acids is 1. The largest absolute Gasteiger partial charge is 0.480 e. The minimum atomic E-state index is -0.905. The zero-order valence-electron chi connectivity index (χ0n) is 6.03. The summed E-state index contributed by atoms with van der Waals surface area (Å²) in [6.45, 7) is 1.69. The molecule has 0 aromatic heterocycles. The lowest BCUT2D eigenvalue weighted by Crippen LogP contribution is -2.35. The number of rotatable bonds is 3. The molecule has 0 heterocycles. The van der Waals surface area contributed by atoms with E-state index < -0.39 is 12.0 Å². The third kappa shape index (κ3) is 2.46. The Morgan fingerprint density at radius 3 is 2.70 bits per heavy atom. The van der Waals surface area contributed by atoms with E-state index >= 15 is 0 Å². The van der Waals surface area contributed by atoms with Gasteiger partial charge in [-0.2, -0.15) is 5.26 Å². The Kier molecular flexibility index (Phi) is 3.44. The van der Waals surface area contributed by atoms with Crippen LogP contribution in [-0.2, 0) is 4.79 Å². The van der Waals surface area contributed by atoms with E-state index in [4.69, 9.17) is 10.4 Å². The molecule has 0 aromatic rings. The highest BCUT2D eigenvalue weighted by molar-refractivity contribution is 5.72. The number of carbonyl (C=O) groups is 1. The maximum absolute atomic E-state index is 10.3. The number of aliphatic carboxylic acids is 1. The zero-order chi connectivity index (χ0) is 8.15. The van der Waals surface area contributed by atoms with Crippen molar-refractivity contribution in [2.45, 2.75) is 13.0 Å². The highest BCUT2D eigenvalue weighted by Crippen LogP contribution is 1.92. The molecule has 1 N–H and O–H groups in total. The molecule has 0 unspecified atom stereocenters. The molecule has 1 atom stereocenters. The van der Waals surface area contributed by atoms with Crippen molar-refractivity contribution in [1.29, 1.82) is 5.26 Å². The molecule has 0 bridgehead atoms. The van der Waals surface area contributed by atoms with Gasteiger partial charge in [0.05, 0.1) is 12.6 Å². The van der Waals surface area contributed by atoms with Crippen molar-refractivity contribution in [3.63, 3.8) is 0 Å². The monoisotopic (exact) mass is 142 g/mol. The fraction of sp³-hybridized carbons (Fsp3) is 0.667. The number of hydrogen-bond donors (Lipinski definition) is 1. The first kappa shape index (κ1) is 8.92. The van der Waals surface area contributed by atoms with Crippen molar-refractivity contribution in [1.82, 2.24) is 4.90 Å². The molecule has 0 amide bonds. The Bertz CT molecular complexity index is 162. The summed E-state index contributed by atoms with van der Waals surface area (Å²) in [4.78, 5) is 11.7. The molecule has 4 heteroatoms. The normalized spacial score (nSPS) is 12.6. The van der Waals surface area contributed by atoms with Gasteiger partial charge in [-0.25, -0.2) is 0 Å². The lowest BCUT2D eigenvalue weighted by atomic mass is 10.3. The van der Waals surface area contributed by atoms with E-state index in [0.717, 1.165) is 0 Å². The van der Waals surface area contributed by atoms with Gasteiger partial charge in [-0.3, -0.25) is 9.69 Å². The molecule has 0 spiro atoms. The molecule has 4 nitrogen and oxygen atoms in total. The van der Waals surface area contributed by atoms with Gasteiger partial charge in [0, 0.05) is 0 Å². The first-order valence-electron chi connectivity index (χ1n) is 2.89. The van der Waals surface area contributed by atoms with Crippen LogP contribution in [0.25, 0.3) is 0 Å². The van der Waals surface area contributed by atoms with Crippen LogP contribution in [0.1, 0.15) is 6.92 Å². The maximum Gasteiger partial charge on any atom is 0.320 e. The first-order valence-corrected chi connectivity index (χ1v) is 2.89. The second-order valence-electron chi connectivity index (χ2n) is 2.09. The van der Waals surface area contributed by atoms with Crippen LogP contribution >= 0.6 is 0 Å². The van der Waals surface area contributed by atoms with E-state index in [9.17, 15) is 4.79 Å². The van der Waals surface area contributed by atoms with Crippen molar-refractivity contribution in [2.24, 2.45) is 0 Å². The fourth-order valence-electron chi connectivity index (χ4n) is 0.437. The summed E-state index contributed by atoms with van der Waals surface area (Å²) in [5, 5.41) is 16.6. The van der Waals surface area contributed by atoms with E-state index in [1.807, 2.05) is 6.07 Å². The van der Waals surface area contributed by atoms with Crippen LogP contribution in [-0.4, -0.2) is 35.6 Å². The fourth-order valence-corrected chi connectivity index (χ4v) is 0.437. The second-order valence-corrected chi connectivity index (χ2v) is 2.09. The van der Waals surface area contributed by atoms with Crippen molar-refractivity contribution >= 4 is 5.97 Å². The molecule has 0 saturated carbocycles. The van der Waals surface area contributed by atoms with Crippen LogP contribution < -0.4 is 0 Å². The van der Waals surface area contributed by atoms with Crippen LogP contribution in [0.4, 0.5) is 0 Å². The topological polar surface area (TPSA) is 64.3 Å². The summed E-state index contributed by atoms with van der Waals surface area (Å²) >= 11 is 0. The van der Waals surface area contributed by atoms with Crippen LogP contribution in [0.2, 0.25) is 0 Å². The van der Waals surface area contributed by atoms with Crippen LogP contribution in [0.15, 0.2) is 0 Å². The molecule has 0 radical (unpaired) electrons. The van der Waals surface area contributed by atoms with Gasteiger partial charge in [-0.15, -0.1) is 0 Å². The molecule has 56 valence electrons. The zero-order valence-corrected chi connectivity index (χ0v) is 6.03. The van der Waals surface area contributed by atoms with Crippen LogP contribution in [0.3, 0.4) is 0 Å². The van der Waals surface area contributed by atoms with Gasteiger partial charge in [0.1, 0.15) is 6.04 Å². The lowest BCUT2D eigenvalue weighted by molar-refractivity contribution is -0.141. The maximum atomic E-state index is 10.3. The molecule has 0 aliphatic rings. The van der Waals surface area contributed by atoms with E-state index in [-0.39, 0.29) is 6.54 Å². The predicted octanol–water partition coefficient (Wildman–Crippen LogP) is -0.0851. The molecule has 0 aromatic carbocycles. The van der Waals surface area contributed by atoms with Gasteiger partial charge in [-0.1, -0.05) is 0 Å². The molecule has 0 aliphatic carbocycles. The quantitative estimate of drug-likeness (QED) is 0.559. The van der Waals surface area contributed by atoms with E-state index in [1.54, 1.807) is 14.0 Å². The number of likely N-dealkylation sites (N-methyl/N-ethyl adjacent to an activating group) is 1. The highest BCUT2D eigenvalue weighted by atomic mass is 16.4. The molecule has 0 fully saturated rings. The SMILES string of the molecule is C[C@@H](C(=O)O)N(C)CC#N. The highest BCUT2D eigenvalue weighted by Gasteiger charge is 2.15. The molecule has 10 heavy (non-hydrogen) atoms. The predicted molar refractivity (Wildman–Crippen MR) is 35.3 cm³/mol. The lowest BCUT2D eigenvalue weighted by Gasteiger charge is -2.16. The average Bonchev–Trinajstić information content (AvgIpc) is 1.87. The van der Waals surface area contributed by atoms with Gasteiger partial charge in [0.25, 0.3) is 0 Å². The third-order valence-corrected chi connectivity index (χ3v) is 1.34. The molecule has 0 saturated heterocycles. The van der Waals surface area contributed by atoms with Gasteiger partial charge in [-0.05, 0) is 14.0 Å². The third-order valence-electron chi connectivity index (χ3n) is 1.34. The van der Waals surface area contributed by atoms with Crippen molar-refractivity contribution < 1.29 is 9.90 Å². The molecule has 0 aliphatic heterocycles. The summed E-state index contributed by atoms with van der Waals surface area (Å²) in [5.74, 6) is -0.905.